The van der Waals surface area contributed by atoms with Crippen molar-refractivity contribution in [3.63, 3.8) is 0 Å². The van der Waals surface area contributed by atoms with E-state index in [4.69, 9.17) is 9.47 Å². The van der Waals surface area contributed by atoms with E-state index in [9.17, 15) is 19.8 Å². The van der Waals surface area contributed by atoms with E-state index in [0.717, 1.165) is 70.1 Å². The molecule has 0 aliphatic carbocycles. The molecular weight excluding hydrogens is 612 g/mol. The van der Waals surface area contributed by atoms with Crippen molar-refractivity contribution < 1.29 is 29.3 Å². The van der Waals surface area contributed by atoms with Crippen LogP contribution in [-0.4, -0.2) is 47.6 Å². The Morgan fingerprint density at radius 1 is 0.612 bits per heavy atom. The van der Waals surface area contributed by atoms with Gasteiger partial charge in [0.15, 0.2) is 6.10 Å². The van der Waals surface area contributed by atoms with E-state index in [-0.39, 0.29) is 25.2 Å². The third-order valence-corrected chi connectivity index (χ3v) is 8.96. The molecule has 0 amide bonds. The first-order valence-electron chi connectivity index (χ1n) is 20.5. The van der Waals surface area contributed by atoms with Crippen LogP contribution in [0.1, 0.15) is 194 Å². The van der Waals surface area contributed by atoms with Crippen LogP contribution in [0.3, 0.4) is 0 Å². The number of allylic oxidation sites excluding steroid dienone is 4. The van der Waals surface area contributed by atoms with Gasteiger partial charge in [-0.2, -0.15) is 0 Å². The zero-order valence-electron chi connectivity index (χ0n) is 32.2. The van der Waals surface area contributed by atoms with Crippen molar-refractivity contribution in [1.82, 2.24) is 0 Å². The van der Waals surface area contributed by atoms with Gasteiger partial charge in [-0.25, -0.2) is 0 Å². The van der Waals surface area contributed by atoms with Crippen LogP contribution in [0.15, 0.2) is 36.5 Å². The first kappa shape index (κ1) is 47.1. The maximum atomic E-state index is 12.2. The molecule has 6 heteroatoms. The summed E-state index contributed by atoms with van der Waals surface area (Å²) in [5.41, 5.74) is 0. The molecule has 0 aromatic carbocycles. The average Bonchev–Trinajstić information content (AvgIpc) is 3.08. The Hall–Kier alpha value is -1.92. The van der Waals surface area contributed by atoms with Gasteiger partial charge in [0, 0.05) is 12.8 Å². The summed E-state index contributed by atoms with van der Waals surface area (Å²) in [4.78, 5) is 24.3. The highest BCUT2D eigenvalue weighted by Gasteiger charge is 2.16. The fourth-order valence-corrected chi connectivity index (χ4v) is 5.83. The second-order valence-electron chi connectivity index (χ2n) is 14.4. The third-order valence-electron chi connectivity index (χ3n) is 8.96. The zero-order valence-corrected chi connectivity index (χ0v) is 32.2. The number of aliphatic hydroxyl groups excluding tert-OH is 2. The number of carbonyl (C=O) groups is 2. The number of hydrogen-bond donors (Lipinski definition) is 2. The van der Waals surface area contributed by atoms with Gasteiger partial charge in [0.1, 0.15) is 6.61 Å². The van der Waals surface area contributed by atoms with Crippen LogP contribution in [-0.2, 0) is 19.1 Å². The average molecular weight is 691 g/mol. The molecule has 0 spiro atoms. The second-order valence-corrected chi connectivity index (χ2v) is 14.4. The fraction of sp³-hybridized carbons (Fsp3) is 0.814. The molecule has 0 heterocycles. The summed E-state index contributed by atoms with van der Waals surface area (Å²) in [5.74, 6) is 0.214. The predicted molar refractivity (Wildman–Crippen MR) is 207 cm³/mol. The molecule has 0 rings (SSSR count). The Kier molecular flexibility index (Phi) is 35.9. The number of aliphatic hydroxyl groups is 2. The van der Waals surface area contributed by atoms with E-state index >= 15 is 0 Å². The van der Waals surface area contributed by atoms with Gasteiger partial charge in [0.2, 0.25) is 0 Å². The first-order valence-corrected chi connectivity index (χ1v) is 20.5. The Bertz CT molecular complexity index is 817. The third kappa shape index (κ3) is 37.2. The summed E-state index contributed by atoms with van der Waals surface area (Å²) >= 11 is 0. The van der Waals surface area contributed by atoms with Crippen molar-refractivity contribution in [3.05, 3.63) is 36.5 Å². The monoisotopic (exact) mass is 691 g/mol. The van der Waals surface area contributed by atoms with Crippen molar-refractivity contribution in [2.24, 2.45) is 5.92 Å². The smallest absolute Gasteiger partial charge is 0.306 e. The number of unbranched alkanes of at least 4 members (excludes halogenated alkanes) is 20. The molecule has 49 heavy (non-hydrogen) atoms. The van der Waals surface area contributed by atoms with Gasteiger partial charge in [-0.15, -0.1) is 0 Å². The van der Waals surface area contributed by atoms with Gasteiger partial charge in [0.25, 0.3) is 0 Å². The quantitative estimate of drug-likeness (QED) is 0.0294. The molecular formula is C43H78O6. The maximum Gasteiger partial charge on any atom is 0.306 e. The van der Waals surface area contributed by atoms with Gasteiger partial charge in [0.05, 0.1) is 12.7 Å². The highest BCUT2D eigenvalue weighted by Crippen LogP contribution is 2.16. The molecule has 0 radical (unpaired) electrons. The SMILES string of the molecule is CC/C=C/CC(O)/C=C/C=C/CCCCCCCC(=O)O[C@@H](CO)COC(=O)CCCCCCCCCCCCCCCCCCC(C)C. The van der Waals surface area contributed by atoms with Crippen LogP contribution in [0.25, 0.3) is 0 Å². The van der Waals surface area contributed by atoms with Gasteiger partial charge in [-0.05, 0) is 44.4 Å². The molecule has 0 saturated heterocycles. The van der Waals surface area contributed by atoms with Crippen LogP contribution < -0.4 is 0 Å². The highest BCUT2D eigenvalue weighted by atomic mass is 16.6. The minimum Gasteiger partial charge on any atom is -0.462 e. The highest BCUT2D eigenvalue weighted by molar-refractivity contribution is 5.70. The van der Waals surface area contributed by atoms with Crippen LogP contribution in [0.5, 0.6) is 0 Å². The van der Waals surface area contributed by atoms with Crippen LogP contribution >= 0.6 is 0 Å². The van der Waals surface area contributed by atoms with Crippen molar-refractivity contribution >= 4 is 11.9 Å². The first-order chi connectivity index (χ1) is 23.9. The van der Waals surface area contributed by atoms with Gasteiger partial charge < -0.3 is 19.7 Å². The lowest BCUT2D eigenvalue weighted by atomic mass is 10.0. The topological polar surface area (TPSA) is 93.1 Å². The normalized spacial score (nSPS) is 13.3. The van der Waals surface area contributed by atoms with Crippen molar-refractivity contribution in [1.29, 1.82) is 0 Å². The largest absolute Gasteiger partial charge is 0.462 e. The molecule has 2 N–H and O–H groups in total. The molecule has 286 valence electrons. The fourth-order valence-electron chi connectivity index (χ4n) is 5.83. The van der Waals surface area contributed by atoms with Crippen molar-refractivity contribution in [2.75, 3.05) is 13.2 Å². The summed E-state index contributed by atoms with van der Waals surface area (Å²) in [6, 6.07) is 0. The van der Waals surface area contributed by atoms with Crippen LogP contribution in [0.4, 0.5) is 0 Å². The molecule has 0 aliphatic heterocycles. The molecule has 1 unspecified atom stereocenters. The Balaban J connectivity index is 3.58. The molecule has 2 atom stereocenters. The Morgan fingerprint density at radius 2 is 1.10 bits per heavy atom. The number of hydrogen-bond acceptors (Lipinski definition) is 6. The molecule has 6 nitrogen and oxygen atoms in total. The maximum absolute atomic E-state index is 12.2. The second kappa shape index (κ2) is 37.3. The minimum absolute atomic E-state index is 0.0862. The Morgan fingerprint density at radius 3 is 1.61 bits per heavy atom. The predicted octanol–water partition coefficient (Wildman–Crippen LogP) is 11.7. The number of esters is 2. The number of carbonyl (C=O) groups excluding carboxylic acids is 2. The molecule has 0 saturated carbocycles. The van der Waals surface area contributed by atoms with E-state index in [1.54, 1.807) is 0 Å². The van der Waals surface area contributed by atoms with E-state index in [0.29, 0.717) is 19.3 Å². The molecule has 0 aromatic heterocycles. The van der Waals surface area contributed by atoms with E-state index in [2.05, 4.69) is 32.9 Å². The lowest BCUT2D eigenvalue weighted by Gasteiger charge is -2.15. The standard InChI is InChI=1S/C43H78O6/c1-4-5-27-33-40(45)34-29-24-20-16-14-18-22-26-31-36-43(47)49-41(37-44)38-48-42(46)35-30-25-21-17-13-11-9-7-6-8-10-12-15-19-23-28-32-39(2)3/h5,20,24,27,29,34,39-41,44-45H,4,6-19,21-23,25-26,28,30-33,35-38H2,1-3H3/b24-20+,27-5+,34-29+/t40?,41-/m0/s1. The zero-order chi connectivity index (χ0) is 36.0. The molecule has 0 fully saturated rings. The van der Waals surface area contributed by atoms with Crippen molar-refractivity contribution in [3.8, 4) is 0 Å². The summed E-state index contributed by atoms with van der Waals surface area (Å²) in [5, 5.41) is 19.4. The van der Waals surface area contributed by atoms with Gasteiger partial charge in [-0.3, -0.25) is 9.59 Å². The summed E-state index contributed by atoms with van der Waals surface area (Å²) < 4.78 is 10.6. The number of ether oxygens (including phenoxy) is 2. The van der Waals surface area contributed by atoms with Gasteiger partial charge in [-0.1, -0.05) is 179 Å². The van der Waals surface area contributed by atoms with Crippen LogP contribution in [0, 0.1) is 5.92 Å². The summed E-state index contributed by atoms with van der Waals surface area (Å²) in [6.45, 7) is 6.28. The van der Waals surface area contributed by atoms with Crippen molar-refractivity contribution in [2.45, 2.75) is 206 Å². The van der Waals surface area contributed by atoms with E-state index in [1.807, 2.05) is 24.3 Å². The summed E-state index contributed by atoms with van der Waals surface area (Å²) in [6.07, 6.45) is 41.1. The molecule has 0 bridgehead atoms. The lowest BCUT2D eigenvalue weighted by molar-refractivity contribution is -0.161. The van der Waals surface area contributed by atoms with Crippen LogP contribution in [0.2, 0.25) is 0 Å². The van der Waals surface area contributed by atoms with E-state index in [1.165, 1.54) is 89.9 Å². The molecule has 0 aromatic rings. The summed E-state index contributed by atoms with van der Waals surface area (Å²) in [7, 11) is 0. The Labute approximate surface area is 302 Å². The minimum atomic E-state index is -0.796. The number of rotatable bonds is 36. The lowest BCUT2D eigenvalue weighted by Crippen LogP contribution is -2.28. The van der Waals surface area contributed by atoms with Gasteiger partial charge >= 0.3 is 11.9 Å². The molecule has 0 aliphatic rings. The van der Waals surface area contributed by atoms with E-state index < -0.39 is 12.2 Å².